The van der Waals surface area contributed by atoms with Gasteiger partial charge in [0.1, 0.15) is 5.82 Å². The third-order valence-corrected chi connectivity index (χ3v) is 5.83. The van der Waals surface area contributed by atoms with Gasteiger partial charge in [-0.15, -0.1) is 37.2 Å². The molecule has 4 rings (SSSR count). The molecule has 1 fully saturated rings. The fourth-order valence-corrected chi connectivity index (χ4v) is 3.97. The van der Waals surface area contributed by atoms with Gasteiger partial charge in [0.2, 0.25) is 5.91 Å². The number of piperazine rings is 1. The van der Waals surface area contributed by atoms with Crippen molar-refractivity contribution in [1.29, 1.82) is 0 Å². The summed E-state index contributed by atoms with van der Waals surface area (Å²) in [4.78, 5) is 33.1. The minimum Gasteiger partial charge on any atom is -0.478 e. The number of carboxylic acid groups (broad SMARTS) is 1. The Hall–Kier alpha value is -2.45. The molecule has 1 aliphatic rings. The number of fused-ring (bicyclic) bond motifs is 1. The second-order valence-corrected chi connectivity index (χ2v) is 8.60. The number of benzene rings is 2. The number of carboxylic acids is 1. The average molecular weight is 562 g/mol. The van der Waals surface area contributed by atoms with Crippen LogP contribution >= 0.6 is 48.8 Å². The van der Waals surface area contributed by atoms with Gasteiger partial charge < -0.3 is 20.2 Å². The molecule has 1 saturated heterocycles. The molecule has 7 nitrogen and oxygen atoms in total. The van der Waals surface area contributed by atoms with Crippen molar-refractivity contribution in [3.63, 3.8) is 0 Å². The Labute approximate surface area is 228 Å². The maximum atomic E-state index is 12.0. The molecule has 0 spiro atoms. The number of halogens is 4. The van der Waals surface area contributed by atoms with E-state index in [2.05, 4.69) is 15.1 Å². The molecule has 0 radical (unpaired) electrons. The van der Waals surface area contributed by atoms with Crippen molar-refractivity contribution in [3.8, 4) is 0 Å². The SMILES string of the molecule is CC(C)C(=O)Nc1ccc2nc(N3CCN(c4cccc(Cl)c4)CC3)cc(C(=O)O)c2c1.Cl.Cl.Cl. The van der Waals surface area contributed by atoms with Gasteiger partial charge in [-0.05, 0) is 42.5 Å². The summed E-state index contributed by atoms with van der Waals surface area (Å²) in [5.41, 5.74) is 2.39. The van der Waals surface area contributed by atoms with Crippen LogP contribution in [0.3, 0.4) is 0 Å². The monoisotopic (exact) mass is 560 g/mol. The normalized spacial score (nSPS) is 12.9. The lowest BCUT2D eigenvalue weighted by Gasteiger charge is -2.37. The molecule has 2 N–H and O–H groups in total. The van der Waals surface area contributed by atoms with E-state index in [0.29, 0.717) is 40.5 Å². The summed E-state index contributed by atoms with van der Waals surface area (Å²) in [6.45, 7) is 6.60. The molecule has 3 aromatic rings. The van der Waals surface area contributed by atoms with Gasteiger partial charge >= 0.3 is 5.97 Å². The van der Waals surface area contributed by atoms with Crippen LogP contribution in [0, 0.1) is 5.92 Å². The molecule has 0 saturated carbocycles. The first-order valence-electron chi connectivity index (χ1n) is 10.6. The Kier molecular flexibility index (Phi) is 11.4. The fourth-order valence-electron chi connectivity index (χ4n) is 3.78. The number of aromatic nitrogens is 1. The van der Waals surface area contributed by atoms with Crippen molar-refractivity contribution < 1.29 is 14.7 Å². The molecule has 2 heterocycles. The first kappa shape index (κ1) is 30.6. The third-order valence-electron chi connectivity index (χ3n) is 5.59. The van der Waals surface area contributed by atoms with Crippen molar-refractivity contribution in [2.75, 3.05) is 41.3 Å². The lowest BCUT2D eigenvalue weighted by atomic mass is 10.1. The van der Waals surface area contributed by atoms with E-state index in [1.165, 1.54) is 0 Å². The van der Waals surface area contributed by atoms with E-state index in [1.807, 2.05) is 24.3 Å². The maximum absolute atomic E-state index is 12.0. The third kappa shape index (κ3) is 7.04. The summed E-state index contributed by atoms with van der Waals surface area (Å²) in [5.74, 6) is -0.678. The highest BCUT2D eigenvalue weighted by Crippen LogP contribution is 2.28. The lowest BCUT2D eigenvalue weighted by molar-refractivity contribution is -0.118. The molecule has 190 valence electrons. The quantitative estimate of drug-likeness (QED) is 0.411. The van der Waals surface area contributed by atoms with Gasteiger partial charge in [-0.2, -0.15) is 0 Å². The molecule has 11 heteroatoms. The van der Waals surface area contributed by atoms with Crippen LogP contribution in [0.15, 0.2) is 48.5 Å². The summed E-state index contributed by atoms with van der Waals surface area (Å²) in [5, 5.41) is 13.9. The second-order valence-electron chi connectivity index (χ2n) is 8.16. The van der Waals surface area contributed by atoms with Crippen molar-refractivity contribution in [1.82, 2.24) is 4.98 Å². The summed E-state index contributed by atoms with van der Waals surface area (Å²) in [6.07, 6.45) is 0. The van der Waals surface area contributed by atoms with Crippen molar-refractivity contribution in [3.05, 3.63) is 59.1 Å². The van der Waals surface area contributed by atoms with Crippen LogP contribution in [0.25, 0.3) is 10.9 Å². The van der Waals surface area contributed by atoms with Gasteiger partial charge in [-0.25, -0.2) is 9.78 Å². The molecule has 35 heavy (non-hydrogen) atoms. The second kappa shape index (κ2) is 13.0. The zero-order valence-electron chi connectivity index (χ0n) is 19.2. The van der Waals surface area contributed by atoms with Crippen LogP contribution < -0.4 is 15.1 Å². The molecule has 0 bridgehead atoms. The molecule has 1 aromatic heterocycles. The number of hydrogen-bond acceptors (Lipinski definition) is 5. The van der Waals surface area contributed by atoms with Gasteiger partial charge in [0.25, 0.3) is 0 Å². The van der Waals surface area contributed by atoms with Gasteiger partial charge in [0, 0.05) is 53.9 Å². The van der Waals surface area contributed by atoms with Gasteiger partial charge in [0.05, 0.1) is 11.1 Å². The number of carbonyl (C=O) groups is 2. The predicted octanol–water partition coefficient (Wildman–Crippen LogP) is 5.77. The van der Waals surface area contributed by atoms with E-state index in [0.717, 1.165) is 18.8 Å². The number of aromatic carboxylic acids is 1. The first-order valence-corrected chi connectivity index (χ1v) is 10.9. The minimum atomic E-state index is -1.02. The van der Waals surface area contributed by atoms with Gasteiger partial charge in [0.15, 0.2) is 0 Å². The van der Waals surface area contributed by atoms with Gasteiger partial charge in [-0.3, -0.25) is 4.79 Å². The maximum Gasteiger partial charge on any atom is 0.336 e. The van der Waals surface area contributed by atoms with E-state index in [-0.39, 0.29) is 54.6 Å². The number of nitrogens with zero attached hydrogens (tertiary/aromatic N) is 3. The van der Waals surface area contributed by atoms with Crippen molar-refractivity contribution in [2.24, 2.45) is 5.92 Å². The van der Waals surface area contributed by atoms with Crippen molar-refractivity contribution >= 4 is 88.8 Å². The van der Waals surface area contributed by atoms with Crippen LogP contribution in [-0.2, 0) is 4.79 Å². The fraction of sp³-hybridized carbons (Fsp3) is 0.292. The molecule has 1 amide bonds. The summed E-state index contributed by atoms with van der Waals surface area (Å²) >= 11 is 6.12. The van der Waals surface area contributed by atoms with Crippen LogP contribution in [0.4, 0.5) is 17.2 Å². The summed E-state index contributed by atoms with van der Waals surface area (Å²) in [7, 11) is 0. The minimum absolute atomic E-state index is 0. The zero-order chi connectivity index (χ0) is 22.8. The van der Waals surface area contributed by atoms with E-state index in [4.69, 9.17) is 16.6 Å². The van der Waals surface area contributed by atoms with E-state index >= 15 is 0 Å². The topological polar surface area (TPSA) is 85.8 Å². The van der Waals surface area contributed by atoms with Crippen LogP contribution in [0.2, 0.25) is 5.02 Å². The average Bonchev–Trinajstić information content (AvgIpc) is 2.78. The Bertz CT molecular complexity index is 1180. The lowest BCUT2D eigenvalue weighted by Crippen LogP contribution is -2.46. The van der Waals surface area contributed by atoms with Gasteiger partial charge in [-0.1, -0.05) is 31.5 Å². The smallest absolute Gasteiger partial charge is 0.336 e. The largest absolute Gasteiger partial charge is 0.478 e. The molecule has 1 aliphatic heterocycles. The molecule has 0 atom stereocenters. The number of hydrogen-bond donors (Lipinski definition) is 2. The highest BCUT2D eigenvalue weighted by molar-refractivity contribution is 6.30. The first-order chi connectivity index (χ1) is 15.3. The molecule has 2 aromatic carbocycles. The Morgan fingerprint density at radius 1 is 0.971 bits per heavy atom. The number of nitrogens with one attached hydrogen (secondary N) is 1. The standard InChI is InChI=1S/C24H25ClN4O3.3ClH/c1-15(2)23(30)26-17-6-7-21-19(13-17)20(24(31)32)14-22(27-21)29-10-8-28(9-11-29)18-5-3-4-16(25)12-18;;;/h3-7,12-15H,8-11H2,1-2H3,(H,26,30)(H,31,32);3*1H. The van der Waals surface area contributed by atoms with E-state index < -0.39 is 5.97 Å². The highest BCUT2D eigenvalue weighted by atomic mass is 35.5. The van der Waals surface area contributed by atoms with E-state index in [9.17, 15) is 14.7 Å². The van der Waals surface area contributed by atoms with Crippen molar-refractivity contribution in [2.45, 2.75) is 13.8 Å². The molecular weight excluding hydrogens is 534 g/mol. The highest BCUT2D eigenvalue weighted by Gasteiger charge is 2.21. The Morgan fingerprint density at radius 3 is 2.23 bits per heavy atom. The summed E-state index contributed by atoms with van der Waals surface area (Å²) in [6, 6.07) is 14.6. The number of anilines is 3. The van der Waals surface area contributed by atoms with E-state index in [1.54, 1.807) is 38.1 Å². The zero-order valence-corrected chi connectivity index (χ0v) is 22.4. The number of rotatable bonds is 5. The van der Waals surface area contributed by atoms with Crippen LogP contribution in [0.1, 0.15) is 24.2 Å². The number of carbonyl (C=O) groups excluding carboxylic acids is 1. The predicted molar refractivity (Wildman–Crippen MR) is 150 cm³/mol. The van der Waals surface area contributed by atoms with Crippen LogP contribution in [0.5, 0.6) is 0 Å². The summed E-state index contributed by atoms with van der Waals surface area (Å²) < 4.78 is 0. The van der Waals surface area contributed by atoms with Crippen LogP contribution in [-0.4, -0.2) is 48.1 Å². The number of pyridine rings is 1. The molecular formula is C24H28Cl4N4O3. The Morgan fingerprint density at radius 2 is 1.63 bits per heavy atom. The Balaban J connectivity index is 0.00000204. The molecule has 0 aliphatic carbocycles. The number of amides is 1. The molecule has 0 unspecified atom stereocenters.